The van der Waals surface area contributed by atoms with Gasteiger partial charge in [-0.15, -0.1) is 0 Å². The van der Waals surface area contributed by atoms with Crippen molar-refractivity contribution in [2.75, 3.05) is 5.32 Å². The second kappa shape index (κ2) is 7.43. The van der Waals surface area contributed by atoms with Gasteiger partial charge in [-0.1, -0.05) is 19.1 Å². The van der Waals surface area contributed by atoms with Crippen LogP contribution in [0.4, 0.5) is 5.69 Å². The molecule has 0 fully saturated rings. The Bertz CT molecular complexity index is 432. The van der Waals surface area contributed by atoms with E-state index >= 15 is 0 Å². The van der Waals surface area contributed by atoms with E-state index in [9.17, 15) is 9.59 Å². The number of carbonyl (C=O) groups is 2. The van der Waals surface area contributed by atoms with Crippen LogP contribution >= 0.6 is 0 Å². The normalized spacial score (nSPS) is 10.6. The second-order valence-electron chi connectivity index (χ2n) is 4.10. The minimum absolute atomic E-state index is 0.112. The zero-order valence-corrected chi connectivity index (χ0v) is 10.9. The zero-order valence-electron chi connectivity index (χ0n) is 10.9. The van der Waals surface area contributed by atoms with Crippen LogP contribution in [0.15, 0.2) is 36.4 Å². The van der Waals surface area contributed by atoms with Gasteiger partial charge in [0.2, 0.25) is 5.91 Å². The molecule has 0 aromatic heterocycles. The number of carbonyl (C=O) groups excluding carboxylic acids is 2. The van der Waals surface area contributed by atoms with Crippen LogP contribution in [0.25, 0.3) is 0 Å². The number of nitrogens with one attached hydrogen (secondary N) is 1. The molecule has 96 valence electrons. The van der Waals surface area contributed by atoms with Crippen LogP contribution < -0.4 is 5.32 Å². The van der Waals surface area contributed by atoms with E-state index in [0.717, 1.165) is 12.8 Å². The third-order valence-corrected chi connectivity index (χ3v) is 2.47. The molecule has 0 spiro atoms. The zero-order chi connectivity index (χ0) is 13.4. The summed E-state index contributed by atoms with van der Waals surface area (Å²) in [6, 6.07) is 6.99. The molecule has 0 saturated carbocycles. The Morgan fingerprint density at radius 3 is 2.39 bits per heavy atom. The van der Waals surface area contributed by atoms with Gasteiger partial charge in [-0.25, -0.2) is 0 Å². The van der Waals surface area contributed by atoms with Gasteiger partial charge in [-0.05, 0) is 37.1 Å². The molecule has 0 bridgehead atoms. The van der Waals surface area contributed by atoms with Gasteiger partial charge in [0.25, 0.3) is 0 Å². The summed E-state index contributed by atoms with van der Waals surface area (Å²) in [5, 5.41) is 2.67. The van der Waals surface area contributed by atoms with Gasteiger partial charge in [-0.3, -0.25) is 9.59 Å². The second-order valence-corrected chi connectivity index (χ2v) is 4.10. The molecule has 1 rings (SSSR count). The maximum atomic E-state index is 11.8. The fourth-order valence-corrected chi connectivity index (χ4v) is 1.59. The standard InChI is InChI=1S/C15H19NO2/c1-3-4-5-6-7-15(18)13-8-10-14(11-9-13)16-12(2)17/h4-5,8-11H,3,6-7H2,1-2H3,(H,16,17)/b5-4+. The maximum absolute atomic E-state index is 11.8. The Morgan fingerprint density at radius 2 is 1.83 bits per heavy atom. The predicted molar refractivity (Wildman–Crippen MR) is 73.7 cm³/mol. The van der Waals surface area contributed by atoms with Gasteiger partial charge in [0.1, 0.15) is 0 Å². The minimum atomic E-state index is -0.112. The molecule has 0 radical (unpaired) electrons. The molecule has 18 heavy (non-hydrogen) atoms. The summed E-state index contributed by atoms with van der Waals surface area (Å²) in [7, 11) is 0. The van der Waals surface area contributed by atoms with E-state index in [2.05, 4.69) is 18.3 Å². The van der Waals surface area contributed by atoms with E-state index in [1.165, 1.54) is 6.92 Å². The summed E-state index contributed by atoms with van der Waals surface area (Å²) in [6.07, 6.45) is 6.40. The predicted octanol–water partition coefficient (Wildman–Crippen LogP) is 3.57. The highest BCUT2D eigenvalue weighted by atomic mass is 16.1. The lowest BCUT2D eigenvalue weighted by molar-refractivity contribution is -0.114. The van der Waals surface area contributed by atoms with Crippen LogP contribution in [-0.4, -0.2) is 11.7 Å². The summed E-state index contributed by atoms with van der Waals surface area (Å²) >= 11 is 0. The molecule has 3 nitrogen and oxygen atoms in total. The lowest BCUT2D eigenvalue weighted by atomic mass is 10.1. The molecular formula is C15H19NO2. The molecule has 1 aromatic rings. The van der Waals surface area contributed by atoms with E-state index < -0.39 is 0 Å². The number of Topliss-reactive ketones (excluding diaryl/α,β-unsaturated/α-hetero) is 1. The van der Waals surface area contributed by atoms with Gasteiger partial charge in [0.05, 0.1) is 0 Å². The lowest BCUT2D eigenvalue weighted by Crippen LogP contribution is -2.06. The van der Waals surface area contributed by atoms with Crippen LogP contribution in [0, 0.1) is 0 Å². The third kappa shape index (κ3) is 4.95. The van der Waals surface area contributed by atoms with Gasteiger partial charge in [-0.2, -0.15) is 0 Å². The van der Waals surface area contributed by atoms with Crippen molar-refractivity contribution in [3.8, 4) is 0 Å². The van der Waals surface area contributed by atoms with Gasteiger partial charge < -0.3 is 5.32 Å². The minimum Gasteiger partial charge on any atom is -0.326 e. The van der Waals surface area contributed by atoms with Gasteiger partial charge in [0, 0.05) is 24.6 Å². The Kier molecular flexibility index (Phi) is 5.85. The first-order valence-corrected chi connectivity index (χ1v) is 6.19. The molecule has 1 N–H and O–H groups in total. The average Bonchev–Trinajstić information content (AvgIpc) is 2.34. The molecule has 0 unspecified atom stereocenters. The van der Waals surface area contributed by atoms with Crippen molar-refractivity contribution < 1.29 is 9.59 Å². The van der Waals surface area contributed by atoms with Crippen LogP contribution in [0.3, 0.4) is 0 Å². The molecule has 0 aliphatic carbocycles. The largest absolute Gasteiger partial charge is 0.326 e. The number of hydrogen-bond acceptors (Lipinski definition) is 2. The van der Waals surface area contributed by atoms with Crippen molar-refractivity contribution in [1.29, 1.82) is 0 Å². The average molecular weight is 245 g/mol. The van der Waals surface area contributed by atoms with Crippen LogP contribution in [0.2, 0.25) is 0 Å². The summed E-state index contributed by atoms with van der Waals surface area (Å²) in [5.41, 5.74) is 1.40. The highest BCUT2D eigenvalue weighted by molar-refractivity contribution is 5.97. The molecule has 1 amide bonds. The smallest absolute Gasteiger partial charge is 0.221 e. The van der Waals surface area contributed by atoms with E-state index in [1.54, 1.807) is 24.3 Å². The molecule has 0 heterocycles. The van der Waals surface area contributed by atoms with Gasteiger partial charge in [0.15, 0.2) is 5.78 Å². The van der Waals surface area contributed by atoms with Crippen molar-refractivity contribution in [2.24, 2.45) is 0 Å². The molecule has 0 atom stereocenters. The van der Waals surface area contributed by atoms with Crippen LogP contribution in [0.1, 0.15) is 43.5 Å². The van der Waals surface area contributed by atoms with E-state index in [-0.39, 0.29) is 11.7 Å². The molecule has 3 heteroatoms. The van der Waals surface area contributed by atoms with E-state index in [1.807, 2.05) is 6.08 Å². The topological polar surface area (TPSA) is 46.2 Å². The van der Waals surface area contributed by atoms with Crippen molar-refractivity contribution in [3.63, 3.8) is 0 Å². The molecule has 0 saturated heterocycles. The first-order valence-electron chi connectivity index (χ1n) is 6.19. The van der Waals surface area contributed by atoms with Crippen molar-refractivity contribution in [3.05, 3.63) is 42.0 Å². The highest BCUT2D eigenvalue weighted by Crippen LogP contribution is 2.12. The monoisotopic (exact) mass is 245 g/mol. The Morgan fingerprint density at radius 1 is 1.17 bits per heavy atom. The SMILES string of the molecule is CC/C=C/CCC(=O)c1ccc(NC(C)=O)cc1. The Labute approximate surface area is 108 Å². The maximum Gasteiger partial charge on any atom is 0.221 e. The number of ketones is 1. The lowest BCUT2D eigenvalue weighted by Gasteiger charge is -2.03. The van der Waals surface area contributed by atoms with Crippen molar-refractivity contribution >= 4 is 17.4 Å². The summed E-state index contributed by atoms with van der Waals surface area (Å²) in [6.45, 7) is 3.53. The molecule has 0 aliphatic heterocycles. The number of rotatable bonds is 6. The third-order valence-electron chi connectivity index (χ3n) is 2.47. The number of allylic oxidation sites excluding steroid dienone is 2. The fraction of sp³-hybridized carbons (Fsp3) is 0.333. The Balaban J connectivity index is 2.53. The number of amides is 1. The van der Waals surface area contributed by atoms with Crippen LogP contribution in [0.5, 0.6) is 0 Å². The summed E-state index contributed by atoms with van der Waals surface area (Å²) < 4.78 is 0. The van der Waals surface area contributed by atoms with Crippen LogP contribution in [-0.2, 0) is 4.79 Å². The van der Waals surface area contributed by atoms with Crippen molar-refractivity contribution in [1.82, 2.24) is 0 Å². The Hall–Kier alpha value is -1.90. The first kappa shape index (κ1) is 14.2. The molecule has 0 aliphatic rings. The number of hydrogen-bond donors (Lipinski definition) is 1. The fourth-order valence-electron chi connectivity index (χ4n) is 1.59. The quantitative estimate of drug-likeness (QED) is 0.615. The number of anilines is 1. The molecular weight excluding hydrogens is 226 g/mol. The summed E-state index contributed by atoms with van der Waals surface area (Å²) in [4.78, 5) is 22.7. The van der Waals surface area contributed by atoms with E-state index in [0.29, 0.717) is 17.7 Å². The highest BCUT2D eigenvalue weighted by Gasteiger charge is 2.04. The van der Waals surface area contributed by atoms with Gasteiger partial charge >= 0.3 is 0 Å². The molecule has 1 aromatic carbocycles. The summed E-state index contributed by atoms with van der Waals surface area (Å²) in [5.74, 6) is 0.0175. The first-order chi connectivity index (χ1) is 8.63. The van der Waals surface area contributed by atoms with Crippen molar-refractivity contribution in [2.45, 2.75) is 33.1 Å². The number of benzene rings is 1. The van der Waals surface area contributed by atoms with E-state index in [4.69, 9.17) is 0 Å².